The fraction of sp³-hybridized carbons (Fsp3) is 0.900. The largest absolute Gasteiger partial charge is 0.366 e. The Labute approximate surface area is 129 Å². The molecule has 10 nitrogen and oxygen atoms in total. The van der Waals surface area contributed by atoms with E-state index < -0.39 is 57.3 Å². The summed E-state index contributed by atoms with van der Waals surface area (Å²) in [7, 11) is -7.64. The summed E-state index contributed by atoms with van der Waals surface area (Å²) in [4.78, 5) is 11.0. The van der Waals surface area contributed by atoms with Crippen LogP contribution in [0.25, 0.3) is 0 Å². The second-order valence-electron chi connectivity index (χ2n) is 4.94. The SMILES string of the molecule is CC(=O)N[C@@H]1C[C@H](OS(C)(=O)=O)[C@@H](COS(C)(=O)=O)O[C@@H]1O. The number of aliphatic hydroxyl groups is 1. The first kappa shape index (κ1) is 19.3. The lowest BCUT2D eigenvalue weighted by atomic mass is 10.0. The topological polar surface area (TPSA) is 145 Å². The monoisotopic (exact) mass is 361 g/mol. The van der Waals surface area contributed by atoms with Crippen molar-refractivity contribution in [2.75, 3.05) is 19.1 Å². The van der Waals surface area contributed by atoms with Gasteiger partial charge in [0, 0.05) is 13.3 Å². The first-order chi connectivity index (χ1) is 9.87. The van der Waals surface area contributed by atoms with Crippen molar-refractivity contribution in [1.29, 1.82) is 0 Å². The highest BCUT2D eigenvalue weighted by molar-refractivity contribution is 7.86. The molecule has 4 atom stereocenters. The molecular formula is C10H19NO9S2. The molecule has 0 spiro atoms. The Morgan fingerprint density at radius 1 is 1.27 bits per heavy atom. The third kappa shape index (κ3) is 6.98. The van der Waals surface area contributed by atoms with Crippen LogP contribution in [0.4, 0.5) is 0 Å². The Hall–Kier alpha value is -0.790. The van der Waals surface area contributed by atoms with Gasteiger partial charge >= 0.3 is 0 Å². The lowest BCUT2D eigenvalue weighted by Crippen LogP contribution is -2.56. The standard InChI is InChI=1S/C10H19NO9S2/c1-6(12)11-7-4-8(20-22(3,16)17)9(19-10(7)13)5-18-21(2,14)15/h7-10,13H,4-5H2,1-3H3,(H,11,12)/t7-,8+,9-,10+/m1/s1. The normalized spacial score (nSPS) is 30.0. The molecule has 1 amide bonds. The van der Waals surface area contributed by atoms with E-state index >= 15 is 0 Å². The van der Waals surface area contributed by atoms with E-state index in [9.17, 15) is 26.7 Å². The molecule has 22 heavy (non-hydrogen) atoms. The number of nitrogens with one attached hydrogen (secondary N) is 1. The van der Waals surface area contributed by atoms with Gasteiger partial charge in [-0.2, -0.15) is 16.8 Å². The molecule has 0 aliphatic carbocycles. The van der Waals surface area contributed by atoms with Gasteiger partial charge < -0.3 is 15.2 Å². The van der Waals surface area contributed by atoms with Gasteiger partial charge in [0.25, 0.3) is 20.2 Å². The van der Waals surface area contributed by atoms with E-state index in [0.29, 0.717) is 0 Å². The zero-order chi connectivity index (χ0) is 17.1. The van der Waals surface area contributed by atoms with E-state index in [0.717, 1.165) is 12.5 Å². The van der Waals surface area contributed by atoms with E-state index in [1.165, 1.54) is 6.92 Å². The van der Waals surface area contributed by atoms with Crippen molar-refractivity contribution in [2.45, 2.75) is 37.9 Å². The van der Waals surface area contributed by atoms with E-state index in [2.05, 4.69) is 9.50 Å². The lowest BCUT2D eigenvalue weighted by molar-refractivity contribution is -0.213. The highest BCUT2D eigenvalue weighted by atomic mass is 32.2. The van der Waals surface area contributed by atoms with Crippen LogP contribution in [0.15, 0.2) is 0 Å². The molecule has 2 N–H and O–H groups in total. The van der Waals surface area contributed by atoms with Gasteiger partial charge in [-0.1, -0.05) is 0 Å². The molecular weight excluding hydrogens is 342 g/mol. The van der Waals surface area contributed by atoms with Crippen LogP contribution in [0.3, 0.4) is 0 Å². The van der Waals surface area contributed by atoms with Gasteiger partial charge in [0.2, 0.25) is 5.91 Å². The minimum absolute atomic E-state index is 0.0917. The van der Waals surface area contributed by atoms with Crippen LogP contribution < -0.4 is 5.32 Å². The van der Waals surface area contributed by atoms with Gasteiger partial charge in [-0.15, -0.1) is 0 Å². The average molecular weight is 361 g/mol. The smallest absolute Gasteiger partial charge is 0.264 e. The van der Waals surface area contributed by atoms with Gasteiger partial charge in [0.15, 0.2) is 6.29 Å². The Bertz CT molecular complexity index is 600. The Morgan fingerprint density at radius 2 is 1.86 bits per heavy atom. The summed E-state index contributed by atoms with van der Waals surface area (Å²) < 4.78 is 59.0. The molecule has 1 heterocycles. The fourth-order valence-electron chi connectivity index (χ4n) is 1.93. The van der Waals surface area contributed by atoms with Gasteiger partial charge in [0.1, 0.15) is 12.2 Å². The first-order valence-corrected chi connectivity index (χ1v) is 9.84. The quantitative estimate of drug-likeness (QED) is 0.509. The van der Waals surface area contributed by atoms with Gasteiger partial charge in [-0.3, -0.25) is 13.2 Å². The van der Waals surface area contributed by atoms with E-state index in [-0.39, 0.29) is 6.42 Å². The van der Waals surface area contributed by atoms with Crippen molar-refractivity contribution in [2.24, 2.45) is 0 Å². The van der Waals surface area contributed by atoms with Crippen molar-refractivity contribution in [1.82, 2.24) is 5.32 Å². The summed E-state index contributed by atoms with van der Waals surface area (Å²) >= 11 is 0. The molecule has 0 aromatic rings. The van der Waals surface area contributed by atoms with Crippen molar-refractivity contribution in [3.63, 3.8) is 0 Å². The van der Waals surface area contributed by atoms with Crippen molar-refractivity contribution in [3.05, 3.63) is 0 Å². The highest BCUT2D eigenvalue weighted by Gasteiger charge is 2.40. The van der Waals surface area contributed by atoms with E-state index in [1.807, 2.05) is 0 Å². The van der Waals surface area contributed by atoms with E-state index in [1.54, 1.807) is 0 Å². The second-order valence-corrected chi connectivity index (χ2v) is 8.18. The molecule has 0 aromatic heterocycles. The highest BCUT2D eigenvalue weighted by Crippen LogP contribution is 2.23. The summed E-state index contributed by atoms with van der Waals surface area (Å²) in [5.41, 5.74) is 0. The molecule has 1 saturated heterocycles. The molecule has 130 valence electrons. The predicted molar refractivity (Wildman–Crippen MR) is 73.6 cm³/mol. The van der Waals surface area contributed by atoms with Crippen molar-refractivity contribution >= 4 is 26.1 Å². The molecule has 1 fully saturated rings. The predicted octanol–water partition coefficient (Wildman–Crippen LogP) is -2.08. The van der Waals surface area contributed by atoms with Gasteiger partial charge in [0.05, 0.1) is 25.2 Å². The zero-order valence-electron chi connectivity index (χ0n) is 12.3. The Kier molecular flexibility index (Phi) is 6.29. The number of hydrogen-bond donors (Lipinski definition) is 2. The van der Waals surface area contributed by atoms with Crippen LogP contribution in [0.1, 0.15) is 13.3 Å². The average Bonchev–Trinajstić information content (AvgIpc) is 2.27. The lowest BCUT2D eigenvalue weighted by Gasteiger charge is -2.38. The molecule has 0 unspecified atom stereocenters. The number of amides is 1. The van der Waals surface area contributed by atoms with Crippen LogP contribution in [-0.2, 0) is 38.1 Å². The Balaban J connectivity index is 2.86. The zero-order valence-corrected chi connectivity index (χ0v) is 13.9. The van der Waals surface area contributed by atoms with Crippen LogP contribution >= 0.6 is 0 Å². The van der Waals surface area contributed by atoms with E-state index in [4.69, 9.17) is 8.92 Å². The first-order valence-electron chi connectivity index (χ1n) is 6.20. The molecule has 0 saturated carbocycles. The maximum absolute atomic E-state index is 11.3. The summed E-state index contributed by atoms with van der Waals surface area (Å²) in [5, 5.41) is 12.2. The maximum Gasteiger partial charge on any atom is 0.264 e. The molecule has 0 radical (unpaired) electrons. The maximum atomic E-state index is 11.3. The second kappa shape index (κ2) is 7.19. The third-order valence-corrected chi connectivity index (χ3v) is 3.85. The number of carbonyl (C=O) groups is 1. The van der Waals surface area contributed by atoms with Crippen molar-refractivity contribution in [3.8, 4) is 0 Å². The van der Waals surface area contributed by atoms with Crippen LogP contribution in [0.2, 0.25) is 0 Å². The summed E-state index contributed by atoms with van der Waals surface area (Å²) in [6.45, 7) is 0.695. The van der Waals surface area contributed by atoms with Crippen molar-refractivity contribution < 1.29 is 39.8 Å². The number of aliphatic hydroxyl groups excluding tert-OH is 1. The molecule has 1 rings (SSSR count). The van der Waals surface area contributed by atoms with Gasteiger partial charge in [-0.05, 0) is 0 Å². The number of hydrogen-bond acceptors (Lipinski definition) is 9. The number of ether oxygens (including phenoxy) is 1. The van der Waals surface area contributed by atoms with Crippen LogP contribution in [0.5, 0.6) is 0 Å². The molecule has 12 heteroatoms. The Morgan fingerprint density at radius 3 is 2.32 bits per heavy atom. The third-order valence-electron chi connectivity index (χ3n) is 2.69. The minimum Gasteiger partial charge on any atom is -0.366 e. The van der Waals surface area contributed by atoms with Crippen LogP contribution in [0, 0.1) is 0 Å². The number of carbonyl (C=O) groups excluding carboxylic acids is 1. The summed E-state index contributed by atoms with van der Waals surface area (Å²) in [5.74, 6) is -0.448. The summed E-state index contributed by atoms with van der Waals surface area (Å²) in [6.07, 6.45) is -2.15. The number of rotatable bonds is 6. The van der Waals surface area contributed by atoms with Gasteiger partial charge in [-0.25, -0.2) is 0 Å². The molecule has 0 bridgehead atoms. The molecule has 0 aromatic carbocycles. The molecule has 1 aliphatic heterocycles. The fourth-order valence-corrected chi connectivity index (χ4v) is 2.97. The minimum atomic E-state index is -3.86. The molecule has 1 aliphatic rings. The van der Waals surface area contributed by atoms with Crippen LogP contribution in [-0.4, -0.2) is 71.5 Å². The summed E-state index contributed by atoms with van der Waals surface area (Å²) in [6, 6.07) is -0.890.